The van der Waals surface area contributed by atoms with E-state index in [1.807, 2.05) is 0 Å². The summed E-state index contributed by atoms with van der Waals surface area (Å²) in [7, 11) is 0. The third-order valence-electron chi connectivity index (χ3n) is 2.41. The summed E-state index contributed by atoms with van der Waals surface area (Å²) in [6.45, 7) is 6.58. The first-order valence-electron chi connectivity index (χ1n) is 4.65. The van der Waals surface area contributed by atoms with E-state index in [0.29, 0.717) is 0 Å². The van der Waals surface area contributed by atoms with Gasteiger partial charge in [-0.15, -0.1) is 6.58 Å². The van der Waals surface area contributed by atoms with Crippen LogP contribution in [0.4, 0.5) is 0 Å². The summed E-state index contributed by atoms with van der Waals surface area (Å²) >= 11 is 0. The summed E-state index contributed by atoms with van der Waals surface area (Å²) in [5.41, 5.74) is -0.978. The van der Waals surface area contributed by atoms with Crippen molar-refractivity contribution in [1.29, 1.82) is 0 Å². The molecule has 1 aliphatic rings. The first-order valence-corrected chi connectivity index (χ1v) is 4.65. The fraction of sp³-hybridized carbons (Fsp3) is 0.500. The highest BCUT2D eigenvalue weighted by molar-refractivity contribution is 6.06. The van der Waals surface area contributed by atoms with Gasteiger partial charge in [-0.1, -0.05) is 6.08 Å². The Morgan fingerprint density at radius 2 is 2.20 bits per heavy atom. The van der Waals surface area contributed by atoms with Crippen molar-refractivity contribution in [3.63, 3.8) is 0 Å². The van der Waals surface area contributed by atoms with Gasteiger partial charge in [-0.3, -0.25) is 19.7 Å². The maximum atomic E-state index is 11.6. The van der Waals surface area contributed by atoms with Gasteiger partial charge in [0.15, 0.2) is 0 Å². The molecule has 5 heteroatoms. The zero-order chi connectivity index (χ0) is 11.6. The van der Waals surface area contributed by atoms with E-state index < -0.39 is 17.4 Å². The highest BCUT2D eigenvalue weighted by Gasteiger charge is 2.42. The molecular weight excluding hydrogens is 196 g/mol. The zero-order valence-electron chi connectivity index (χ0n) is 8.87. The standard InChI is InChI=1S/C10H14N2O3/c1-4-5-8(14)12-6-7(13)11-9(15)10(12,2)3/h4H,1,5-6H2,2-3H3,(H,11,13,15). The van der Waals surface area contributed by atoms with Crippen LogP contribution in [-0.2, 0) is 14.4 Å². The van der Waals surface area contributed by atoms with E-state index >= 15 is 0 Å². The molecule has 1 aliphatic heterocycles. The van der Waals surface area contributed by atoms with Gasteiger partial charge in [0.25, 0.3) is 5.91 Å². The van der Waals surface area contributed by atoms with Crippen LogP contribution >= 0.6 is 0 Å². The largest absolute Gasteiger partial charge is 0.319 e. The summed E-state index contributed by atoms with van der Waals surface area (Å²) in [5, 5.41) is 2.20. The molecule has 1 heterocycles. The normalized spacial score (nSPS) is 19.7. The number of carbonyl (C=O) groups excluding carboxylic acids is 3. The Balaban J connectivity index is 2.93. The molecule has 1 fully saturated rings. The van der Waals surface area contributed by atoms with Crippen LogP contribution in [0, 0.1) is 0 Å². The van der Waals surface area contributed by atoms with E-state index in [1.165, 1.54) is 11.0 Å². The first-order chi connectivity index (χ1) is 6.89. The lowest BCUT2D eigenvalue weighted by molar-refractivity contribution is -0.155. The van der Waals surface area contributed by atoms with Gasteiger partial charge in [-0.25, -0.2) is 0 Å². The summed E-state index contributed by atoms with van der Waals surface area (Å²) in [5.74, 6) is -1.16. The highest BCUT2D eigenvalue weighted by Crippen LogP contribution is 2.19. The van der Waals surface area contributed by atoms with Crippen LogP contribution in [-0.4, -0.2) is 34.7 Å². The average Bonchev–Trinajstić information content (AvgIpc) is 2.12. The summed E-state index contributed by atoms with van der Waals surface area (Å²) < 4.78 is 0. The Bertz CT molecular complexity index is 334. The van der Waals surface area contributed by atoms with Crippen molar-refractivity contribution in [2.24, 2.45) is 0 Å². The number of carbonyl (C=O) groups is 3. The van der Waals surface area contributed by atoms with Crippen LogP contribution in [0.15, 0.2) is 12.7 Å². The van der Waals surface area contributed by atoms with Crippen LogP contribution in [0.1, 0.15) is 20.3 Å². The lowest BCUT2D eigenvalue weighted by Gasteiger charge is -2.40. The number of amides is 3. The van der Waals surface area contributed by atoms with Crippen LogP contribution in [0.2, 0.25) is 0 Å². The van der Waals surface area contributed by atoms with E-state index in [2.05, 4.69) is 11.9 Å². The third kappa shape index (κ3) is 2.06. The molecule has 82 valence electrons. The minimum Gasteiger partial charge on any atom is -0.319 e. The fourth-order valence-corrected chi connectivity index (χ4v) is 1.42. The molecule has 1 N–H and O–H groups in total. The number of rotatable bonds is 2. The Kier molecular flexibility index (Phi) is 2.93. The second-order valence-corrected chi connectivity index (χ2v) is 3.91. The van der Waals surface area contributed by atoms with Gasteiger partial charge in [0.05, 0.1) is 0 Å². The van der Waals surface area contributed by atoms with Crippen molar-refractivity contribution in [3.8, 4) is 0 Å². The lowest BCUT2D eigenvalue weighted by Crippen LogP contribution is -2.65. The van der Waals surface area contributed by atoms with Gasteiger partial charge < -0.3 is 4.90 Å². The molecule has 0 unspecified atom stereocenters. The quantitative estimate of drug-likeness (QED) is 0.508. The van der Waals surface area contributed by atoms with Crippen molar-refractivity contribution in [2.45, 2.75) is 25.8 Å². The number of hydrogen-bond acceptors (Lipinski definition) is 3. The van der Waals surface area contributed by atoms with Gasteiger partial charge in [0.2, 0.25) is 11.8 Å². The smallest absolute Gasteiger partial charge is 0.252 e. The molecule has 0 aliphatic carbocycles. The Labute approximate surface area is 88.1 Å². The number of hydrogen-bond donors (Lipinski definition) is 1. The highest BCUT2D eigenvalue weighted by atomic mass is 16.2. The third-order valence-corrected chi connectivity index (χ3v) is 2.41. The molecule has 1 saturated heterocycles. The predicted molar refractivity (Wildman–Crippen MR) is 53.8 cm³/mol. The topological polar surface area (TPSA) is 66.5 Å². The van der Waals surface area contributed by atoms with Gasteiger partial charge in [-0.2, -0.15) is 0 Å². The average molecular weight is 210 g/mol. The van der Waals surface area contributed by atoms with E-state index in [0.717, 1.165) is 0 Å². The van der Waals surface area contributed by atoms with Gasteiger partial charge in [0.1, 0.15) is 12.1 Å². The fourth-order valence-electron chi connectivity index (χ4n) is 1.42. The molecule has 0 aromatic rings. The number of nitrogens with zero attached hydrogens (tertiary/aromatic N) is 1. The molecule has 1 rings (SSSR count). The molecule has 0 atom stereocenters. The first kappa shape index (κ1) is 11.4. The van der Waals surface area contributed by atoms with Crippen LogP contribution in [0.5, 0.6) is 0 Å². The second kappa shape index (κ2) is 3.84. The summed E-state index contributed by atoms with van der Waals surface area (Å²) in [4.78, 5) is 35.5. The molecule has 0 bridgehead atoms. The molecule has 3 amide bonds. The van der Waals surface area contributed by atoms with Crippen molar-refractivity contribution in [2.75, 3.05) is 6.54 Å². The van der Waals surface area contributed by atoms with E-state index in [1.54, 1.807) is 13.8 Å². The van der Waals surface area contributed by atoms with Crippen molar-refractivity contribution in [3.05, 3.63) is 12.7 Å². The van der Waals surface area contributed by atoms with Crippen LogP contribution < -0.4 is 5.32 Å². The number of piperazine rings is 1. The van der Waals surface area contributed by atoms with Crippen molar-refractivity contribution < 1.29 is 14.4 Å². The maximum absolute atomic E-state index is 11.6. The Morgan fingerprint density at radius 3 is 2.73 bits per heavy atom. The molecule has 0 aromatic heterocycles. The number of nitrogens with one attached hydrogen (secondary N) is 1. The maximum Gasteiger partial charge on any atom is 0.252 e. The minimum atomic E-state index is -0.978. The molecule has 15 heavy (non-hydrogen) atoms. The molecule has 5 nitrogen and oxygen atoms in total. The van der Waals surface area contributed by atoms with Crippen molar-refractivity contribution in [1.82, 2.24) is 10.2 Å². The summed E-state index contributed by atoms with van der Waals surface area (Å²) in [6, 6.07) is 0. The SMILES string of the molecule is C=CCC(=O)N1CC(=O)NC(=O)C1(C)C. The zero-order valence-corrected chi connectivity index (χ0v) is 8.87. The van der Waals surface area contributed by atoms with Crippen LogP contribution in [0.25, 0.3) is 0 Å². The van der Waals surface area contributed by atoms with E-state index in [9.17, 15) is 14.4 Å². The number of imide groups is 1. The lowest BCUT2D eigenvalue weighted by atomic mass is 9.98. The minimum absolute atomic E-state index is 0.0780. The monoisotopic (exact) mass is 210 g/mol. The predicted octanol–water partition coefficient (Wildman–Crippen LogP) is -0.174. The van der Waals surface area contributed by atoms with Crippen LogP contribution in [0.3, 0.4) is 0 Å². The van der Waals surface area contributed by atoms with Gasteiger partial charge in [-0.05, 0) is 13.8 Å². The van der Waals surface area contributed by atoms with E-state index in [4.69, 9.17) is 0 Å². The van der Waals surface area contributed by atoms with Gasteiger partial charge >= 0.3 is 0 Å². The molecule has 0 aromatic carbocycles. The van der Waals surface area contributed by atoms with Gasteiger partial charge in [0, 0.05) is 6.42 Å². The Hall–Kier alpha value is -1.65. The summed E-state index contributed by atoms with van der Waals surface area (Å²) in [6.07, 6.45) is 1.58. The van der Waals surface area contributed by atoms with Crippen molar-refractivity contribution >= 4 is 17.7 Å². The molecule has 0 saturated carbocycles. The Morgan fingerprint density at radius 1 is 1.60 bits per heavy atom. The second-order valence-electron chi connectivity index (χ2n) is 3.91. The molecular formula is C10H14N2O3. The molecule has 0 radical (unpaired) electrons. The van der Waals surface area contributed by atoms with E-state index in [-0.39, 0.29) is 18.9 Å². The molecule has 0 spiro atoms.